The van der Waals surface area contributed by atoms with Crippen molar-refractivity contribution < 1.29 is 18.7 Å². The van der Waals surface area contributed by atoms with Crippen LogP contribution in [0.1, 0.15) is 82.4 Å². The number of esters is 1. The van der Waals surface area contributed by atoms with Gasteiger partial charge in [0.05, 0.1) is 12.5 Å². The van der Waals surface area contributed by atoms with Crippen LogP contribution in [0.5, 0.6) is 5.75 Å². The lowest BCUT2D eigenvalue weighted by Gasteiger charge is -2.11. The van der Waals surface area contributed by atoms with Crippen LogP contribution < -0.4 is 15.4 Å². The summed E-state index contributed by atoms with van der Waals surface area (Å²) in [6.07, 6.45) is 13.8. The van der Waals surface area contributed by atoms with E-state index in [1.807, 2.05) is 48.9 Å². The molecule has 0 aliphatic carbocycles. The summed E-state index contributed by atoms with van der Waals surface area (Å²) in [5.41, 5.74) is 13.9. The number of carbonyl (C=O) groups excluding carboxylic acids is 2. The zero-order valence-electron chi connectivity index (χ0n) is 31.7. The minimum atomic E-state index is -0.466. The lowest BCUT2D eigenvalue weighted by atomic mass is 10.1. The van der Waals surface area contributed by atoms with Crippen LogP contribution in [0.15, 0.2) is 78.6 Å². The molecule has 4 aromatic heterocycles. The summed E-state index contributed by atoms with van der Waals surface area (Å²) in [6, 6.07) is 14.4. The Bertz CT molecular complexity index is 2310. The van der Waals surface area contributed by atoms with Gasteiger partial charge in [0.15, 0.2) is 17.3 Å². The maximum Gasteiger partial charge on any atom is 0.311 e. The number of benzene rings is 2. The predicted molar refractivity (Wildman–Crippen MR) is 214 cm³/mol. The normalized spacial score (nSPS) is 11.2. The van der Waals surface area contributed by atoms with Crippen molar-refractivity contribution in [3.8, 4) is 17.1 Å². The van der Waals surface area contributed by atoms with Crippen molar-refractivity contribution in [3.63, 3.8) is 0 Å². The van der Waals surface area contributed by atoms with Gasteiger partial charge in [-0.2, -0.15) is 0 Å². The highest BCUT2D eigenvalue weighted by Gasteiger charge is 2.17. The number of aryl methyl sites for hydroxylation is 1. The van der Waals surface area contributed by atoms with Crippen LogP contribution in [-0.4, -0.2) is 54.5 Å². The fraction of sp³-hybridized carbons (Fsp3) is 0.366. The summed E-state index contributed by atoms with van der Waals surface area (Å²) in [5.74, 6) is 0.721. The Kier molecular flexibility index (Phi) is 13.6. The van der Waals surface area contributed by atoms with Gasteiger partial charge in [-0.1, -0.05) is 48.6 Å². The third-order valence-electron chi connectivity index (χ3n) is 9.44. The predicted octanol–water partition coefficient (Wildman–Crippen LogP) is 9.07. The van der Waals surface area contributed by atoms with Gasteiger partial charge in [0.1, 0.15) is 17.1 Å². The number of azide groups is 1. The number of pyridine rings is 1. The van der Waals surface area contributed by atoms with E-state index in [0.29, 0.717) is 72.2 Å². The number of imidazole rings is 1. The van der Waals surface area contributed by atoms with Gasteiger partial charge in [0, 0.05) is 71.4 Å². The minimum Gasteiger partial charge on any atom is -0.427 e. The van der Waals surface area contributed by atoms with Gasteiger partial charge >= 0.3 is 5.97 Å². The summed E-state index contributed by atoms with van der Waals surface area (Å²) >= 11 is 0. The fourth-order valence-electron chi connectivity index (χ4n) is 6.48. The molecule has 15 heteroatoms. The highest BCUT2D eigenvalue weighted by molar-refractivity contribution is 5.87. The van der Waals surface area contributed by atoms with Crippen LogP contribution in [0.2, 0.25) is 0 Å². The molecule has 14 nitrogen and oxygen atoms in total. The van der Waals surface area contributed by atoms with E-state index in [9.17, 15) is 14.0 Å². The first-order valence-corrected chi connectivity index (χ1v) is 19.1. The molecule has 0 atom stereocenters. The van der Waals surface area contributed by atoms with E-state index in [-0.39, 0.29) is 17.9 Å². The van der Waals surface area contributed by atoms with Crippen LogP contribution in [-0.2, 0) is 22.4 Å². The zero-order chi connectivity index (χ0) is 39.3. The number of aromatic amines is 1. The molecular weight excluding hydrogens is 714 g/mol. The van der Waals surface area contributed by atoms with Crippen LogP contribution in [0.3, 0.4) is 0 Å². The molecule has 0 saturated heterocycles. The number of ether oxygens (including phenoxy) is 1. The van der Waals surface area contributed by atoms with Crippen LogP contribution in [0.25, 0.3) is 43.9 Å². The third kappa shape index (κ3) is 10.7. The number of fused-ring (bicyclic) bond motifs is 2. The van der Waals surface area contributed by atoms with Gasteiger partial charge in [-0.3, -0.25) is 14.6 Å². The second-order valence-electron chi connectivity index (χ2n) is 14.0. The highest BCUT2D eigenvalue weighted by atomic mass is 19.1. The third-order valence-corrected chi connectivity index (χ3v) is 9.44. The van der Waals surface area contributed by atoms with Gasteiger partial charge in [0.2, 0.25) is 5.91 Å². The number of aromatic nitrogens is 6. The van der Waals surface area contributed by atoms with Crippen molar-refractivity contribution in [3.05, 3.63) is 101 Å². The van der Waals surface area contributed by atoms with Crippen molar-refractivity contribution in [2.24, 2.45) is 5.11 Å². The number of nitrogens with one attached hydrogen (secondary N) is 3. The van der Waals surface area contributed by atoms with Crippen molar-refractivity contribution in [1.82, 2.24) is 34.8 Å². The smallest absolute Gasteiger partial charge is 0.311 e. The fourth-order valence-corrected chi connectivity index (χ4v) is 6.48. The molecule has 56 heavy (non-hydrogen) atoms. The first-order chi connectivity index (χ1) is 27.3. The Morgan fingerprint density at radius 3 is 2.59 bits per heavy atom. The lowest BCUT2D eigenvalue weighted by molar-refractivity contribution is -0.134. The molecule has 0 saturated carbocycles. The van der Waals surface area contributed by atoms with Crippen LogP contribution in [0, 0.1) is 5.82 Å². The topological polar surface area (TPSA) is 188 Å². The first kappa shape index (κ1) is 39.4. The summed E-state index contributed by atoms with van der Waals surface area (Å²) in [7, 11) is 0. The Labute approximate surface area is 324 Å². The number of anilines is 1. The summed E-state index contributed by atoms with van der Waals surface area (Å²) < 4.78 is 21.7. The molecule has 0 aliphatic heterocycles. The summed E-state index contributed by atoms with van der Waals surface area (Å²) in [5, 5.41) is 10.9. The highest BCUT2D eigenvalue weighted by Crippen LogP contribution is 2.28. The Morgan fingerprint density at radius 1 is 0.964 bits per heavy atom. The van der Waals surface area contributed by atoms with E-state index < -0.39 is 5.82 Å². The van der Waals surface area contributed by atoms with Crippen LogP contribution >= 0.6 is 0 Å². The maximum atomic E-state index is 14.0. The number of amides is 1. The van der Waals surface area contributed by atoms with Crippen LogP contribution in [0.4, 0.5) is 15.9 Å². The van der Waals surface area contributed by atoms with E-state index in [0.717, 1.165) is 73.2 Å². The number of H-pyrrole nitrogens is 1. The van der Waals surface area contributed by atoms with Gasteiger partial charge in [-0.25, -0.2) is 19.3 Å². The number of rotatable bonds is 20. The molecule has 0 spiro atoms. The number of unbranched alkanes of at least 4 members (excludes halogenated alkanes) is 4. The van der Waals surface area contributed by atoms with Gasteiger partial charge in [-0.05, 0) is 86.9 Å². The Hall–Kier alpha value is -6.34. The van der Waals surface area contributed by atoms with Crippen molar-refractivity contribution in [1.29, 1.82) is 0 Å². The number of hydrogen-bond acceptors (Lipinski definition) is 9. The minimum absolute atomic E-state index is 0.0501. The Balaban J connectivity index is 0.909. The summed E-state index contributed by atoms with van der Waals surface area (Å²) in [6.45, 7) is 5.26. The van der Waals surface area contributed by atoms with Crippen molar-refractivity contribution >= 4 is 45.4 Å². The molecule has 290 valence electrons. The number of hydrogen-bond donors (Lipinski definition) is 3. The maximum absolute atomic E-state index is 14.0. The van der Waals surface area contributed by atoms with E-state index in [1.165, 1.54) is 12.3 Å². The van der Waals surface area contributed by atoms with Crippen molar-refractivity contribution in [2.75, 3.05) is 18.4 Å². The molecule has 1 amide bonds. The Morgan fingerprint density at radius 2 is 1.79 bits per heavy atom. The van der Waals surface area contributed by atoms with Crippen molar-refractivity contribution in [2.45, 2.75) is 84.1 Å². The van der Waals surface area contributed by atoms with Gasteiger partial charge < -0.3 is 24.9 Å². The average Bonchev–Trinajstić information content (AvgIpc) is 3.81. The number of carbonyl (C=O) groups is 2. The molecule has 0 fully saturated rings. The second-order valence-corrected chi connectivity index (χ2v) is 14.0. The molecule has 0 aliphatic rings. The van der Waals surface area contributed by atoms with E-state index in [1.54, 1.807) is 24.5 Å². The largest absolute Gasteiger partial charge is 0.427 e. The van der Waals surface area contributed by atoms with E-state index >= 15 is 0 Å². The first-order valence-electron chi connectivity index (χ1n) is 19.1. The molecule has 0 unspecified atom stereocenters. The molecular formula is C41H46FN11O3. The molecule has 4 heterocycles. The van der Waals surface area contributed by atoms with E-state index in [4.69, 9.17) is 20.2 Å². The number of nitrogens with zero attached hydrogens (tertiary/aromatic N) is 8. The molecule has 6 rings (SSSR count). The average molecular weight is 760 g/mol. The zero-order valence-corrected chi connectivity index (χ0v) is 31.7. The van der Waals surface area contributed by atoms with Gasteiger partial charge in [0.25, 0.3) is 0 Å². The molecule has 0 bridgehead atoms. The van der Waals surface area contributed by atoms with E-state index in [2.05, 4.69) is 35.6 Å². The van der Waals surface area contributed by atoms with Gasteiger partial charge in [-0.15, -0.1) is 0 Å². The quantitative estimate of drug-likeness (QED) is 0.0172. The standard InChI is InChI=1S/C41H46FN11O3/c1-27(2)53-26-48-38-40(49-39(50-41(38)53)30-21-31(42)25-44-23-30)46-20-18-29-24-47-35-17-16-33(22-34(29)35)56-37(55)11-6-4-3-5-7-19-45-36(54)10-8-9-28-12-14-32(15-13-28)51-52-43/h12-17,21-27,47H,3-11,18-20H2,1-2H3,(H,45,54)(H,46,49,50). The number of halogens is 1. The SMILES string of the molecule is CC(C)n1cnc2c(NCCc3c[nH]c4ccc(OC(=O)CCCCCCCNC(=O)CCCc5ccc(N=[N+]=[N-])cc5)cc34)nc(-c3cncc(F)c3)nc21. The molecule has 6 aromatic rings. The lowest BCUT2D eigenvalue weighted by Crippen LogP contribution is -2.24. The molecule has 2 aromatic carbocycles. The monoisotopic (exact) mass is 759 g/mol. The second kappa shape index (κ2) is 19.3. The summed E-state index contributed by atoms with van der Waals surface area (Å²) in [4.78, 5) is 48.9. The molecule has 3 N–H and O–H groups in total. The molecule has 0 radical (unpaired) electrons.